The van der Waals surface area contributed by atoms with Crippen LogP contribution in [0.1, 0.15) is 30.0 Å². The van der Waals surface area contributed by atoms with Crippen molar-refractivity contribution in [1.29, 1.82) is 0 Å². The lowest BCUT2D eigenvalue weighted by molar-refractivity contribution is -0.126. The Hall–Kier alpha value is -3.16. The molecule has 3 aromatic carbocycles. The fraction of sp³-hybridized carbons (Fsp3) is 0.269. The van der Waals surface area contributed by atoms with E-state index in [0.717, 1.165) is 16.9 Å². The van der Waals surface area contributed by atoms with Crippen LogP contribution < -0.4 is 10.1 Å². The molecule has 2 unspecified atom stereocenters. The number of sulfonamides is 1. The molecule has 172 valence electrons. The van der Waals surface area contributed by atoms with Crippen molar-refractivity contribution < 1.29 is 17.9 Å². The largest absolute Gasteiger partial charge is 0.497 e. The standard InChI is InChI=1S/C26H28N2O4S/c1-32-23-16-14-21(15-17-23)25(20-9-4-2-5-10-20)27-26(29)22-11-8-18-28(19-22)33(30,31)24-12-6-3-7-13-24/h2-7,9-10,12-17,22,25H,8,11,18-19H2,1H3,(H,27,29). The highest BCUT2D eigenvalue weighted by atomic mass is 32.2. The molecule has 33 heavy (non-hydrogen) atoms. The Kier molecular flexibility index (Phi) is 7.11. The zero-order valence-electron chi connectivity index (χ0n) is 18.6. The van der Waals surface area contributed by atoms with Gasteiger partial charge in [-0.15, -0.1) is 0 Å². The maximum Gasteiger partial charge on any atom is 0.243 e. The number of hydrogen-bond donors (Lipinski definition) is 1. The van der Waals surface area contributed by atoms with Crippen molar-refractivity contribution in [3.05, 3.63) is 96.1 Å². The minimum absolute atomic E-state index is 0.146. The van der Waals surface area contributed by atoms with Crippen LogP contribution >= 0.6 is 0 Å². The van der Waals surface area contributed by atoms with Gasteiger partial charge in [-0.1, -0.05) is 60.7 Å². The van der Waals surface area contributed by atoms with Gasteiger partial charge in [0.1, 0.15) is 5.75 Å². The lowest BCUT2D eigenvalue weighted by Gasteiger charge is -2.32. The van der Waals surface area contributed by atoms with Crippen LogP contribution in [-0.2, 0) is 14.8 Å². The topological polar surface area (TPSA) is 75.7 Å². The molecule has 1 amide bonds. The molecule has 1 fully saturated rings. The number of rotatable bonds is 7. The molecule has 1 aliphatic rings. The highest BCUT2D eigenvalue weighted by molar-refractivity contribution is 7.89. The zero-order valence-corrected chi connectivity index (χ0v) is 19.4. The van der Waals surface area contributed by atoms with Crippen LogP contribution in [0.5, 0.6) is 5.75 Å². The molecule has 1 N–H and O–H groups in total. The first-order valence-electron chi connectivity index (χ1n) is 11.0. The van der Waals surface area contributed by atoms with Crippen molar-refractivity contribution in [2.24, 2.45) is 5.92 Å². The number of piperidine rings is 1. The van der Waals surface area contributed by atoms with E-state index in [4.69, 9.17) is 4.74 Å². The molecule has 2 atom stereocenters. The Labute approximate surface area is 195 Å². The minimum atomic E-state index is -3.63. The molecule has 3 aromatic rings. The van der Waals surface area contributed by atoms with Crippen molar-refractivity contribution in [3.63, 3.8) is 0 Å². The lowest BCUT2D eigenvalue weighted by Crippen LogP contribution is -2.46. The van der Waals surface area contributed by atoms with Crippen molar-refractivity contribution >= 4 is 15.9 Å². The number of hydrogen-bond acceptors (Lipinski definition) is 4. The first-order chi connectivity index (χ1) is 16.0. The predicted molar refractivity (Wildman–Crippen MR) is 127 cm³/mol. The minimum Gasteiger partial charge on any atom is -0.497 e. The lowest BCUT2D eigenvalue weighted by atomic mass is 9.95. The summed E-state index contributed by atoms with van der Waals surface area (Å²) in [6, 6.07) is 25.4. The molecule has 1 saturated heterocycles. The summed E-state index contributed by atoms with van der Waals surface area (Å²) in [6.07, 6.45) is 1.29. The molecular formula is C26H28N2O4S. The van der Waals surface area contributed by atoms with Gasteiger partial charge in [-0.3, -0.25) is 4.79 Å². The van der Waals surface area contributed by atoms with Gasteiger partial charge in [0.05, 0.1) is 24.0 Å². The van der Waals surface area contributed by atoms with E-state index in [2.05, 4.69) is 5.32 Å². The van der Waals surface area contributed by atoms with Gasteiger partial charge in [-0.25, -0.2) is 8.42 Å². The maximum absolute atomic E-state index is 13.3. The van der Waals surface area contributed by atoms with Crippen LogP contribution in [0.15, 0.2) is 89.8 Å². The Morgan fingerprint density at radius 3 is 2.18 bits per heavy atom. The number of carbonyl (C=O) groups excluding carboxylic acids is 1. The van der Waals surface area contributed by atoms with Crippen LogP contribution in [-0.4, -0.2) is 38.8 Å². The predicted octanol–water partition coefficient (Wildman–Crippen LogP) is 4.00. The van der Waals surface area contributed by atoms with Gasteiger partial charge in [0, 0.05) is 13.1 Å². The summed E-state index contributed by atoms with van der Waals surface area (Å²) in [7, 11) is -2.01. The Morgan fingerprint density at radius 2 is 1.55 bits per heavy atom. The number of methoxy groups -OCH3 is 1. The Balaban J connectivity index is 1.54. The van der Waals surface area contributed by atoms with E-state index in [0.29, 0.717) is 19.4 Å². The molecule has 0 bridgehead atoms. The fourth-order valence-electron chi connectivity index (χ4n) is 4.18. The van der Waals surface area contributed by atoms with E-state index in [9.17, 15) is 13.2 Å². The SMILES string of the molecule is COc1ccc(C(NC(=O)C2CCCN(S(=O)(=O)c3ccccc3)C2)c2ccccc2)cc1. The number of amides is 1. The third-order valence-corrected chi connectivity index (χ3v) is 7.88. The molecule has 7 heteroatoms. The monoisotopic (exact) mass is 464 g/mol. The summed E-state index contributed by atoms with van der Waals surface area (Å²) in [5.41, 5.74) is 1.89. The number of nitrogens with one attached hydrogen (secondary N) is 1. The van der Waals surface area contributed by atoms with E-state index < -0.39 is 15.9 Å². The average molecular weight is 465 g/mol. The van der Waals surface area contributed by atoms with Gasteiger partial charge >= 0.3 is 0 Å². The van der Waals surface area contributed by atoms with Crippen LogP contribution in [0.4, 0.5) is 0 Å². The average Bonchev–Trinajstić information content (AvgIpc) is 2.88. The zero-order chi connectivity index (χ0) is 23.3. The molecule has 1 aliphatic heterocycles. The van der Waals surface area contributed by atoms with Crippen LogP contribution in [0.25, 0.3) is 0 Å². The van der Waals surface area contributed by atoms with Crippen molar-refractivity contribution in [1.82, 2.24) is 9.62 Å². The fourth-order valence-corrected chi connectivity index (χ4v) is 5.72. The normalized spacial score (nSPS) is 17.8. The van der Waals surface area contributed by atoms with E-state index >= 15 is 0 Å². The first-order valence-corrected chi connectivity index (χ1v) is 12.5. The molecule has 0 aliphatic carbocycles. The quantitative estimate of drug-likeness (QED) is 0.573. The second-order valence-electron chi connectivity index (χ2n) is 8.14. The van der Waals surface area contributed by atoms with Crippen molar-refractivity contribution in [2.75, 3.05) is 20.2 Å². The number of ether oxygens (including phenoxy) is 1. The Bertz CT molecular complexity index is 1170. The molecule has 0 aromatic heterocycles. The van der Waals surface area contributed by atoms with Gasteiger partial charge in [0.2, 0.25) is 15.9 Å². The molecule has 1 heterocycles. The Morgan fingerprint density at radius 1 is 0.939 bits per heavy atom. The number of benzene rings is 3. The second kappa shape index (κ2) is 10.2. The molecule has 4 rings (SSSR count). The molecule has 0 saturated carbocycles. The number of carbonyl (C=O) groups is 1. The summed E-state index contributed by atoms with van der Waals surface area (Å²) >= 11 is 0. The second-order valence-corrected chi connectivity index (χ2v) is 10.1. The number of nitrogens with zero attached hydrogens (tertiary/aromatic N) is 1. The summed E-state index contributed by atoms with van der Waals surface area (Å²) in [4.78, 5) is 13.6. The summed E-state index contributed by atoms with van der Waals surface area (Å²) < 4.78 is 32.8. The van der Waals surface area contributed by atoms with Crippen LogP contribution in [0.3, 0.4) is 0 Å². The summed E-state index contributed by atoms with van der Waals surface area (Å²) in [5, 5.41) is 3.17. The third-order valence-electron chi connectivity index (χ3n) is 6.00. The van der Waals surface area contributed by atoms with Crippen LogP contribution in [0.2, 0.25) is 0 Å². The molecular weight excluding hydrogens is 436 g/mol. The summed E-state index contributed by atoms with van der Waals surface area (Å²) in [6.45, 7) is 0.592. The first kappa shape index (κ1) is 23.0. The molecule has 0 radical (unpaired) electrons. The molecule has 6 nitrogen and oxygen atoms in total. The van der Waals surface area contributed by atoms with Gasteiger partial charge in [0.15, 0.2) is 0 Å². The molecule has 0 spiro atoms. The highest BCUT2D eigenvalue weighted by Gasteiger charge is 2.34. The van der Waals surface area contributed by atoms with Crippen LogP contribution in [0, 0.1) is 5.92 Å². The van der Waals surface area contributed by atoms with E-state index in [1.165, 1.54) is 4.31 Å². The van der Waals surface area contributed by atoms with E-state index in [-0.39, 0.29) is 23.4 Å². The van der Waals surface area contributed by atoms with E-state index in [1.54, 1.807) is 37.4 Å². The van der Waals surface area contributed by atoms with Gasteiger partial charge < -0.3 is 10.1 Å². The summed E-state index contributed by atoms with van der Waals surface area (Å²) in [5.74, 6) is 0.181. The van der Waals surface area contributed by atoms with Gasteiger partial charge in [0.25, 0.3) is 0 Å². The third kappa shape index (κ3) is 5.26. The van der Waals surface area contributed by atoms with Crippen molar-refractivity contribution in [2.45, 2.75) is 23.8 Å². The maximum atomic E-state index is 13.3. The van der Waals surface area contributed by atoms with E-state index in [1.807, 2.05) is 54.6 Å². The smallest absolute Gasteiger partial charge is 0.243 e. The highest BCUT2D eigenvalue weighted by Crippen LogP contribution is 2.27. The van der Waals surface area contributed by atoms with Gasteiger partial charge in [-0.2, -0.15) is 4.31 Å². The van der Waals surface area contributed by atoms with Crippen molar-refractivity contribution in [3.8, 4) is 5.75 Å². The van der Waals surface area contributed by atoms with Gasteiger partial charge in [-0.05, 0) is 48.2 Å².